The van der Waals surface area contributed by atoms with E-state index in [1.165, 1.54) is 0 Å². The third-order valence-corrected chi connectivity index (χ3v) is 11.6. The molecule has 34 heavy (non-hydrogen) atoms. The number of hydrogen-bond donors (Lipinski definition) is 2. The molecule has 2 aliphatic carbocycles. The molecule has 0 aromatic heterocycles. The Bertz CT molecular complexity index is 1170. The Morgan fingerprint density at radius 3 is 1.56 bits per heavy atom. The molecule has 2 unspecified atom stereocenters. The van der Waals surface area contributed by atoms with E-state index >= 15 is 0 Å². The monoisotopic (exact) mass is 548 g/mol. The summed E-state index contributed by atoms with van der Waals surface area (Å²) in [5.74, 6) is 10.0. The molecule has 4 N–H and O–H groups in total. The molecule has 0 aromatic carbocycles. The largest absolute Gasteiger partial charge is 0.342 e. The highest BCUT2D eigenvalue weighted by molar-refractivity contribution is 8.15. The fraction of sp³-hybridized carbons (Fsp3) is 0.444. The lowest BCUT2D eigenvalue weighted by Crippen LogP contribution is -2.39. The molecule has 0 aromatic rings. The van der Waals surface area contributed by atoms with Gasteiger partial charge in [0, 0.05) is 35.7 Å². The van der Waals surface area contributed by atoms with Gasteiger partial charge in [0.2, 0.25) is 9.41 Å². The van der Waals surface area contributed by atoms with Gasteiger partial charge in [-0.2, -0.15) is 47.4 Å². The molecule has 0 amide bonds. The summed E-state index contributed by atoms with van der Waals surface area (Å²) >= 11 is 2.24. The van der Waals surface area contributed by atoms with Crippen molar-refractivity contribution in [2.24, 2.45) is 22.0 Å². The summed E-state index contributed by atoms with van der Waals surface area (Å²) in [5.41, 5.74) is 2.51. The third kappa shape index (κ3) is 4.37. The van der Waals surface area contributed by atoms with E-state index in [9.17, 15) is 16.8 Å². The second-order valence-corrected chi connectivity index (χ2v) is 13.4. The third-order valence-electron chi connectivity index (χ3n) is 5.45. The number of nitrogens with two attached hydrogens (primary N) is 2. The van der Waals surface area contributed by atoms with E-state index in [-0.39, 0.29) is 0 Å². The molecular weight excluding hydrogens is 525 g/mol. The molecule has 2 heterocycles. The number of rotatable bonds is 7. The molecule has 186 valence electrons. The summed E-state index contributed by atoms with van der Waals surface area (Å²) in [6, 6.07) is 0. The van der Waals surface area contributed by atoms with Crippen LogP contribution in [0.3, 0.4) is 0 Å². The predicted molar refractivity (Wildman–Crippen MR) is 132 cm³/mol. The summed E-state index contributed by atoms with van der Waals surface area (Å²) in [7, 11) is -8.05. The van der Waals surface area contributed by atoms with Gasteiger partial charge in [-0.3, -0.25) is 0 Å². The first-order chi connectivity index (χ1) is 16.2. The highest BCUT2D eigenvalue weighted by atomic mass is 32.3. The summed E-state index contributed by atoms with van der Waals surface area (Å²) in [4.78, 5) is 4.81. The van der Waals surface area contributed by atoms with Crippen molar-refractivity contribution in [3.8, 4) is 0 Å². The van der Waals surface area contributed by atoms with Crippen LogP contribution >= 0.6 is 23.5 Å². The van der Waals surface area contributed by atoms with Gasteiger partial charge in [-0.05, 0) is 26.0 Å². The highest BCUT2D eigenvalue weighted by Crippen LogP contribution is 2.45. The van der Waals surface area contributed by atoms with Crippen LogP contribution < -0.4 is 11.8 Å². The van der Waals surface area contributed by atoms with Crippen LogP contribution in [0.2, 0.25) is 0 Å². The molecule has 0 spiro atoms. The van der Waals surface area contributed by atoms with Crippen molar-refractivity contribution in [1.82, 2.24) is 9.80 Å². The average Bonchev–Trinajstić information content (AvgIpc) is 3.42. The Kier molecular flexibility index (Phi) is 7.31. The van der Waals surface area contributed by atoms with Gasteiger partial charge in [0.05, 0.1) is 22.8 Å². The van der Waals surface area contributed by atoms with E-state index in [1.807, 2.05) is 38.2 Å². The number of nitrogens with zero attached hydrogens (tertiary/aromatic N) is 4. The predicted octanol–water partition coefficient (Wildman–Crippen LogP) is 1.27. The summed E-state index contributed by atoms with van der Waals surface area (Å²) in [5, 5.41) is 8.98. The normalized spacial score (nSPS) is 27.4. The average molecular weight is 549 g/mol. The molecule has 12 nitrogen and oxygen atoms in total. The van der Waals surface area contributed by atoms with Crippen LogP contribution in [-0.2, 0) is 28.8 Å². The first-order valence-electron chi connectivity index (χ1n) is 10.2. The Morgan fingerprint density at radius 1 is 0.853 bits per heavy atom. The van der Waals surface area contributed by atoms with Crippen LogP contribution in [0.5, 0.6) is 0 Å². The minimum atomic E-state index is -4.03. The second kappa shape index (κ2) is 9.77. The molecular formula is C18H24N6O6S4. The van der Waals surface area contributed by atoms with E-state index in [0.717, 1.165) is 33.3 Å². The van der Waals surface area contributed by atoms with Gasteiger partial charge in [0.1, 0.15) is 0 Å². The topological polar surface area (TPSA) is 170 Å². The van der Waals surface area contributed by atoms with Crippen LogP contribution in [0.1, 0.15) is 26.7 Å². The molecule has 16 heteroatoms. The van der Waals surface area contributed by atoms with Crippen molar-refractivity contribution >= 4 is 55.2 Å². The van der Waals surface area contributed by atoms with Crippen molar-refractivity contribution in [1.29, 1.82) is 0 Å². The molecule has 4 rings (SSSR count). The highest BCUT2D eigenvalue weighted by Gasteiger charge is 2.44. The number of hydrogen-bond acceptors (Lipinski definition) is 14. The van der Waals surface area contributed by atoms with Crippen molar-refractivity contribution in [3.05, 3.63) is 45.5 Å². The smallest absolute Gasteiger partial charge is 0.314 e. The molecule has 0 radical (unpaired) electrons. The van der Waals surface area contributed by atoms with Gasteiger partial charge in [0.15, 0.2) is 0 Å². The fourth-order valence-corrected chi connectivity index (χ4v) is 9.39. The SMILES string of the molecule is CCN1C2=C(C=CCC2=NN=C2CC=CC3=C2N(CC)C(S(=O)(=O)ON)S3)SC1S(=O)(=O)ON. The van der Waals surface area contributed by atoms with Crippen molar-refractivity contribution in [3.63, 3.8) is 0 Å². The first kappa shape index (κ1) is 25.4. The van der Waals surface area contributed by atoms with Crippen LogP contribution in [0.15, 0.2) is 55.7 Å². The first-order valence-corrected chi connectivity index (χ1v) is 14.9. The maximum atomic E-state index is 12.3. The lowest BCUT2D eigenvalue weighted by Gasteiger charge is -2.27. The summed E-state index contributed by atoms with van der Waals surface area (Å²) in [6.07, 6.45) is 8.36. The van der Waals surface area contributed by atoms with E-state index in [4.69, 9.17) is 11.8 Å². The van der Waals surface area contributed by atoms with Gasteiger partial charge < -0.3 is 9.80 Å². The molecule has 2 aliphatic heterocycles. The van der Waals surface area contributed by atoms with Crippen molar-refractivity contribution < 1.29 is 25.4 Å². The zero-order valence-electron chi connectivity index (χ0n) is 18.3. The second-order valence-electron chi connectivity index (χ2n) is 7.33. The summed E-state index contributed by atoms with van der Waals surface area (Å²) < 4.78 is 55.8. The van der Waals surface area contributed by atoms with Crippen molar-refractivity contribution in [2.75, 3.05) is 13.1 Å². The zero-order chi connectivity index (χ0) is 24.7. The van der Waals surface area contributed by atoms with Gasteiger partial charge in [-0.25, -0.2) is 0 Å². The standard InChI is InChI=1S/C18H24N6O6S4/c1-3-23-15-11(7-5-9-13(15)31-17(23)33(25,26)29-19)21-22-12-8-6-10-14-16(12)24(4-2)18(32-14)34(27,28)30-20/h5-6,9-10,17-18H,3-4,7-8,19-20H2,1-2H3. The van der Waals surface area contributed by atoms with Gasteiger partial charge in [-0.1, -0.05) is 35.7 Å². The maximum Gasteiger partial charge on any atom is 0.314 e. The Hall–Kier alpha value is -1.66. The van der Waals surface area contributed by atoms with Gasteiger partial charge in [-0.15, -0.1) is 0 Å². The van der Waals surface area contributed by atoms with E-state index in [0.29, 0.717) is 48.7 Å². The minimum absolute atomic E-state index is 0.388. The van der Waals surface area contributed by atoms with E-state index in [2.05, 4.69) is 18.8 Å². The van der Waals surface area contributed by atoms with Crippen LogP contribution in [0.25, 0.3) is 0 Å². The quantitative estimate of drug-likeness (QED) is 0.437. The Morgan fingerprint density at radius 2 is 1.24 bits per heavy atom. The molecule has 0 saturated carbocycles. The lowest BCUT2D eigenvalue weighted by atomic mass is 10.1. The number of thioether (sulfide) groups is 2. The van der Waals surface area contributed by atoms with Gasteiger partial charge >= 0.3 is 20.2 Å². The molecule has 4 aliphatic rings. The Labute approximate surface area is 206 Å². The Balaban J connectivity index is 1.69. The zero-order valence-corrected chi connectivity index (χ0v) is 21.6. The van der Waals surface area contributed by atoms with Crippen LogP contribution in [0.4, 0.5) is 0 Å². The molecule has 0 fully saturated rings. The fourth-order valence-electron chi connectivity index (χ4n) is 3.99. The van der Waals surface area contributed by atoms with Crippen LogP contribution in [-0.4, -0.2) is 60.6 Å². The lowest BCUT2D eigenvalue weighted by molar-refractivity contribution is 0.306. The van der Waals surface area contributed by atoms with E-state index in [1.54, 1.807) is 9.80 Å². The molecule has 0 saturated heterocycles. The molecule has 2 atom stereocenters. The number of allylic oxidation sites excluding steroid dienone is 6. The molecule has 0 bridgehead atoms. The van der Waals surface area contributed by atoms with Gasteiger partial charge in [0.25, 0.3) is 0 Å². The maximum absolute atomic E-state index is 12.3. The van der Waals surface area contributed by atoms with Crippen molar-refractivity contribution in [2.45, 2.75) is 36.1 Å². The summed E-state index contributed by atoms with van der Waals surface area (Å²) in [6.45, 7) is 4.43. The van der Waals surface area contributed by atoms with E-state index < -0.39 is 29.6 Å². The van der Waals surface area contributed by atoms with Crippen LogP contribution in [0, 0.1) is 0 Å². The minimum Gasteiger partial charge on any atom is -0.342 e.